The molecule has 4 atom stereocenters. The van der Waals surface area contributed by atoms with E-state index in [2.05, 4.69) is 16.8 Å². The second-order valence-corrected chi connectivity index (χ2v) is 9.38. The molecular weight excluding hydrogens is 369 g/mol. The molecule has 2 amide bonds. The maximum absolute atomic E-state index is 13.7. The van der Waals surface area contributed by atoms with Crippen molar-refractivity contribution in [3.05, 3.63) is 35.3 Å². The van der Waals surface area contributed by atoms with Gasteiger partial charge in [0, 0.05) is 41.9 Å². The number of aromatic amines is 1. The first-order valence-electron chi connectivity index (χ1n) is 10.7. The molecule has 3 fully saturated rings. The Labute approximate surface area is 170 Å². The number of aryl methyl sites for hydroxylation is 1. The van der Waals surface area contributed by atoms with E-state index in [0.717, 1.165) is 48.6 Å². The van der Waals surface area contributed by atoms with Crippen LogP contribution in [0, 0.1) is 18.2 Å². The molecule has 3 heterocycles. The van der Waals surface area contributed by atoms with Crippen molar-refractivity contribution in [2.75, 3.05) is 6.54 Å². The number of carbonyl (C=O) groups is 2. The van der Waals surface area contributed by atoms with Crippen LogP contribution in [0.1, 0.15) is 62.0 Å². The molecular formula is C23H28FN3O2. The Kier molecular flexibility index (Phi) is 4.06. The molecule has 2 aromatic rings. The minimum atomic E-state index is -0.300. The minimum absolute atomic E-state index is 0.0221. The lowest BCUT2D eigenvalue weighted by Crippen LogP contribution is -2.56. The van der Waals surface area contributed by atoms with Crippen LogP contribution >= 0.6 is 0 Å². The maximum Gasteiger partial charge on any atom is 0.270 e. The number of carbonyl (C=O) groups excluding carboxylic acids is 2. The molecule has 0 spiro atoms. The lowest BCUT2D eigenvalue weighted by molar-refractivity contribution is -0.132. The molecule has 29 heavy (non-hydrogen) atoms. The first kappa shape index (κ1) is 18.6. The molecule has 0 radical (unpaired) electrons. The number of halogens is 1. The van der Waals surface area contributed by atoms with Crippen LogP contribution in [0.3, 0.4) is 0 Å². The number of hydrogen-bond donors (Lipinski definition) is 1. The first-order chi connectivity index (χ1) is 13.8. The number of hydrogen-bond acceptors (Lipinski definition) is 2. The van der Waals surface area contributed by atoms with E-state index >= 15 is 0 Å². The number of H-pyrrole nitrogens is 1. The highest BCUT2D eigenvalue weighted by atomic mass is 19.1. The van der Waals surface area contributed by atoms with E-state index in [9.17, 15) is 14.0 Å². The average molecular weight is 397 g/mol. The molecule has 5 rings (SSSR count). The normalized spacial score (nSPS) is 31.2. The van der Waals surface area contributed by atoms with E-state index in [1.54, 1.807) is 13.0 Å². The van der Waals surface area contributed by atoms with Crippen molar-refractivity contribution in [2.24, 2.45) is 5.41 Å². The third kappa shape index (κ3) is 2.57. The highest BCUT2D eigenvalue weighted by molar-refractivity contribution is 6.01. The Morgan fingerprint density at radius 2 is 1.93 bits per heavy atom. The number of nitrogens with zero attached hydrogens (tertiary/aromatic N) is 2. The van der Waals surface area contributed by atoms with E-state index in [1.807, 2.05) is 11.8 Å². The summed E-state index contributed by atoms with van der Waals surface area (Å²) >= 11 is 0. The molecule has 2 bridgehead atoms. The average Bonchev–Trinajstić information content (AvgIpc) is 3.05. The maximum atomic E-state index is 13.7. The summed E-state index contributed by atoms with van der Waals surface area (Å²) in [6.45, 7) is 6.39. The number of likely N-dealkylation sites (tertiary alicyclic amines) is 2. The van der Waals surface area contributed by atoms with E-state index in [4.69, 9.17) is 0 Å². The van der Waals surface area contributed by atoms with Crippen molar-refractivity contribution in [1.82, 2.24) is 14.8 Å². The summed E-state index contributed by atoms with van der Waals surface area (Å²) in [5.74, 6) is -0.201. The Morgan fingerprint density at radius 1 is 1.21 bits per heavy atom. The highest BCUT2D eigenvalue weighted by Crippen LogP contribution is 2.53. The van der Waals surface area contributed by atoms with Gasteiger partial charge in [-0.1, -0.05) is 19.8 Å². The number of benzene rings is 1. The lowest BCUT2D eigenvalue weighted by Gasteiger charge is -2.46. The molecule has 154 valence electrons. The van der Waals surface area contributed by atoms with Crippen LogP contribution in [0.15, 0.2) is 18.2 Å². The zero-order valence-corrected chi connectivity index (χ0v) is 17.3. The highest BCUT2D eigenvalue weighted by Gasteiger charge is 2.60. The summed E-state index contributed by atoms with van der Waals surface area (Å²) < 4.78 is 13.7. The Hall–Kier alpha value is -2.37. The van der Waals surface area contributed by atoms with E-state index in [1.165, 1.54) is 12.1 Å². The monoisotopic (exact) mass is 397 g/mol. The summed E-state index contributed by atoms with van der Waals surface area (Å²) in [5, 5.41) is 0.753. The van der Waals surface area contributed by atoms with Gasteiger partial charge in [-0.05, 0) is 49.9 Å². The van der Waals surface area contributed by atoms with E-state index in [-0.39, 0.29) is 41.2 Å². The van der Waals surface area contributed by atoms with Crippen LogP contribution in [-0.4, -0.2) is 51.3 Å². The van der Waals surface area contributed by atoms with Crippen molar-refractivity contribution in [3.63, 3.8) is 0 Å². The number of amides is 2. The van der Waals surface area contributed by atoms with E-state index < -0.39 is 0 Å². The molecule has 1 saturated carbocycles. The van der Waals surface area contributed by atoms with Crippen LogP contribution in [0.5, 0.6) is 0 Å². The molecule has 1 N–H and O–H groups in total. The van der Waals surface area contributed by atoms with Gasteiger partial charge in [-0.25, -0.2) is 4.39 Å². The van der Waals surface area contributed by atoms with Gasteiger partial charge in [0.1, 0.15) is 11.5 Å². The van der Waals surface area contributed by atoms with E-state index in [0.29, 0.717) is 12.2 Å². The van der Waals surface area contributed by atoms with Crippen LogP contribution in [-0.2, 0) is 4.79 Å². The van der Waals surface area contributed by atoms with Gasteiger partial charge < -0.3 is 14.8 Å². The fourth-order valence-electron chi connectivity index (χ4n) is 6.52. The van der Waals surface area contributed by atoms with Gasteiger partial charge in [-0.3, -0.25) is 9.59 Å². The minimum Gasteiger partial charge on any atom is -0.350 e. The summed E-state index contributed by atoms with van der Waals surface area (Å²) in [6, 6.07) is 5.02. The smallest absolute Gasteiger partial charge is 0.270 e. The van der Waals surface area contributed by atoms with Gasteiger partial charge >= 0.3 is 0 Å². The topological polar surface area (TPSA) is 56.4 Å². The third-order valence-electron chi connectivity index (χ3n) is 7.77. The zero-order chi connectivity index (χ0) is 20.5. The van der Waals surface area contributed by atoms with Gasteiger partial charge in [-0.15, -0.1) is 0 Å². The summed E-state index contributed by atoms with van der Waals surface area (Å²) in [6.07, 6.45) is 5.15. The molecule has 2 aliphatic heterocycles. The van der Waals surface area contributed by atoms with Crippen LogP contribution < -0.4 is 0 Å². The van der Waals surface area contributed by atoms with Crippen molar-refractivity contribution in [2.45, 2.75) is 71.0 Å². The van der Waals surface area contributed by atoms with Crippen LogP contribution in [0.25, 0.3) is 10.9 Å². The zero-order valence-electron chi connectivity index (χ0n) is 17.3. The fraction of sp³-hybridized carbons (Fsp3) is 0.565. The number of piperidine rings is 1. The SMILES string of the molecule is CC(=O)N1[C@@H]2CN(C(=O)c3[nH]c4ccc(F)cc4c3C)[C@@H]3CCCC[C@H]1[C@]3(C)C2. The van der Waals surface area contributed by atoms with Gasteiger partial charge in [0.25, 0.3) is 5.91 Å². The van der Waals surface area contributed by atoms with Crippen LogP contribution in [0.2, 0.25) is 0 Å². The second kappa shape index (κ2) is 6.31. The van der Waals surface area contributed by atoms with Gasteiger partial charge in [0.05, 0.1) is 6.04 Å². The number of fused-ring (bicyclic) bond motifs is 2. The summed E-state index contributed by atoms with van der Waals surface area (Å²) in [4.78, 5) is 33.5. The Balaban J connectivity index is 1.57. The quantitative estimate of drug-likeness (QED) is 0.791. The van der Waals surface area contributed by atoms with Crippen molar-refractivity contribution < 1.29 is 14.0 Å². The first-order valence-corrected chi connectivity index (χ1v) is 10.7. The Morgan fingerprint density at radius 3 is 2.66 bits per heavy atom. The molecule has 0 unspecified atom stereocenters. The summed E-state index contributed by atoms with van der Waals surface area (Å²) in [5.41, 5.74) is 2.06. The summed E-state index contributed by atoms with van der Waals surface area (Å²) in [7, 11) is 0. The molecule has 6 heteroatoms. The molecule has 1 aliphatic carbocycles. The van der Waals surface area contributed by atoms with Crippen LogP contribution in [0.4, 0.5) is 4.39 Å². The second-order valence-electron chi connectivity index (χ2n) is 9.38. The molecule has 1 aromatic carbocycles. The number of rotatable bonds is 1. The number of nitrogens with one attached hydrogen (secondary N) is 1. The standard InChI is InChI=1S/C23H28FN3O2/c1-13-17-10-15(24)8-9-18(17)25-21(13)22(29)26-12-16-11-23(3)19(26)6-4-5-7-20(23)27(16)14(2)28/h8-10,16,19-20,25H,4-7,11-12H2,1-3H3/t16-,19+,20-,23+/m0/s1. The van der Waals surface area contributed by atoms with Crippen molar-refractivity contribution in [1.29, 1.82) is 0 Å². The third-order valence-corrected chi connectivity index (χ3v) is 7.77. The molecule has 3 aliphatic rings. The number of aromatic nitrogens is 1. The molecule has 2 saturated heterocycles. The largest absolute Gasteiger partial charge is 0.350 e. The molecule has 5 nitrogen and oxygen atoms in total. The lowest BCUT2D eigenvalue weighted by atomic mass is 9.71. The van der Waals surface area contributed by atoms with Gasteiger partial charge in [-0.2, -0.15) is 0 Å². The van der Waals surface area contributed by atoms with Crippen molar-refractivity contribution in [3.8, 4) is 0 Å². The van der Waals surface area contributed by atoms with Crippen molar-refractivity contribution >= 4 is 22.7 Å². The predicted molar refractivity (Wildman–Crippen MR) is 109 cm³/mol. The Bertz CT molecular complexity index is 1010. The van der Waals surface area contributed by atoms with Gasteiger partial charge in [0.2, 0.25) is 5.91 Å². The molecule has 1 aromatic heterocycles. The van der Waals surface area contributed by atoms with Gasteiger partial charge in [0.15, 0.2) is 0 Å². The predicted octanol–water partition coefficient (Wildman–Crippen LogP) is 4.01. The fourth-order valence-corrected chi connectivity index (χ4v) is 6.52.